The highest BCUT2D eigenvalue weighted by molar-refractivity contribution is 5.25. The van der Waals surface area contributed by atoms with E-state index in [1.807, 2.05) is 0 Å². The van der Waals surface area contributed by atoms with E-state index in [2.05, 4.69) is 0 Å². The molecule has 0 radical (unpaired) electrons. The monoisotopic (exact) mass is 159 g/mol. The zero-order chi connectivity index (χ0) is 8.43. The third kappa shape index (κ3) is 1.40. The van der Waals surface area contributed by atoms with Crippen LogP contribution in [0, 0.1) is 15.9 Å². The van der Waals surface area contributed by atoms with E-state index in [0.29, 0.717) is 10.9 Å². The lowest BCUT2D eigenvalue weighted by atomic mass is 10.4. The molecule has 0 unspecified atom stereocenters. The van der Waals surface area contributed by atoms with Crippen molar-refractivity contribution in [2.45, 2.75) is 0 Å². The van der Waals surface area contributed by atoms with Gasteiger partial charge in [0.25, 0.3) is 12.0 Å². The molecular formula is C5H4FN2O3+. The first-order chi connectivity index (χ1) is 5.11. The van der Waals surface area contributed by atoms with Crippen LogP contribution in [-0.4, -0.2) is 10.1 Å². The molecule has 58 valence electrons. The number of hydrogen-bond acceptors (Lipinski definition) is 3. The van der Waals surface area contributed by atoms with E-state index in [-0.39, 0.29) is 0 Å². The van der Waals surface area contributed by atoms with Gasteiger partial charge in [0.15, 0.2) is 0 Å². The summed E-state index contributed by atoms with van der Waals surface area (Å²) in [5, 5.41) is 18.6. The standard InChI is InChI=1S/C5H4FN2O3/c6-4-3-7(9)2-1-5(4)8(10)11/h1-3,9H/q+1. The van der Waals surface area contributed by atoms with Crippen molar-refractivity contribution in [1.82, 2.24) is 0 Å². The number of hydrogen-bond donors (Lipinski definition) is 1. The summed E-state index contributed by atoms with van der Waals surface area (Å²) in [6.45, 7) is 0. The van der Waals surface area contributed by atoms with Crippen molar-refractivity contribution in [2.75, 3.05) is 0 Å². The number of rotatable bonds is 1. The molecule has 0 aliphatic rings. The molecule has 1 aromatic rings. The van der Waals surface area contributed by atoms with Gasteiger partial charge in [-0.2, -0.15) is 4.39 Å². The van der Waals surface area contributed by atoms with Gasteiger partial charge in [0.05, 0.1) is 11.0 Å². The molecule has 0 spiro atoms. The van der Waals surface area contributed by atoms with E-state index in [9.17, 15) is 14.5 Å². The molecule has 5 nitrogen and oxygen atoms in total. The Morgan fingerprint density at radius 1 is 1.73 bits per heavy atom. The van der Waals surface area contributed by atoms with Crippen LogP contribution in [-0.2, 0) is 0 Å². The first kappa shape index (κ1) is 7.39. The van der Waals surface area contributed by atoms with Crippen molar-refractivity contribution < 1.29 is 19.3 Å². The largest absolute Gasteiger partial charge is 0.317 e. The van der Waals surface area contributed by atoms with Gasteiger partial charge >= 0.3 is 5.69 Å². The lowest BCUT2D eigenvalue weighted by molar-refractivity contribution is -0.905. The highest BCUT2D eigenvalue weighted by atomic mass is 19.1. The highest BCUT2D eigenvalue weighted by Crippen LogP contribution is 2.11. The first-order valence-electron chi connectivity index (χ1n) is 2.65. The molecule has 0 atom stereocenters. The third-order valence-corrected chi connectivity index (χ3v) is 1.07. The average Bonchev–Trinajstić information content (AvgIpc) is 1.85. The lowest BCUT2D eigenvalue weighted by Crippen LogP contribution is -2.29. The van der Waals surface area contributed by atoms with E-state index in [0.717, 1.165) is 12.3 Å². The Hall–Kier alpha value is -1.72. The van der Waals surface area contributed by atoms with Gasteiger partial charge in [-0.25, -0.2) is 0 Å². The van der Waals surface area contributed by atoms with Gasteiger partial charge in [0.2, 0.25) is 6.20 Å². The number of halogens is 1. The Labute approximate surface area is 60.4 Å². The minimum atomic E-state index is -1.07. The van der Waals surface area contributed by atoms with Gasteiger partial charge in [-0.15, -0.1) is 0 Å². The first-order valence-corrected chi connectivity index (χ1v) is 2.65. The van der Waals surface area contributed by atoms with Crippen LogP contribution in [0.3, 0.4) is 0 Å². The van der Waals surface area contributed by atoms with E-state index in [1.165, 1.54) is 0 Å². The van der Waals surface area contributed by atoms with E-state index >= 15 is 0 Å². The predicted molar refractivity (Wildman–Crippen MR) is 30.4 cm³/mol. The number of aromatic nitrogens is 1. The molecule has 1 rings (SSSR count). The zero-order valence-corrected chi connectivity index (χ0v) is 5.27. The third-order valence-electron chi connectivity index (χ3n) is 1.07. The predicted octanol–water partition coefficient (Wildman–Crippen LogP) is 0.259. The van der Waals surface area contributed by atoms with Crippen LogP contribution in [0.25, 0.3) is 0 Å². The summed E-state index contributed by atoms with van der Waals surface area (Å²) >= 11 is 0. The summed E-state index contributed by atoms with van der Waals surface area (Å²) in [7, 11) is 0. The summed E-state index contributed by atoms with van der Waals surface area (Å²) in [4.78, 5) is 9.14. The SMILES string of the molecule is O=[N+]([O-])c1cc[n+](O)cc1F. The molecule has 0 bridgehead atoms. The van der Waals surface area contributed by atoms with Gasteiger partial charge < -0.3 is 0 Å². The Balaban J connectivity index is 3.20. The molecule has 11 heavy (non-hydrogen) atoms. The normalized spacial score (nSPS) is 9.55. The Bertz CT molecular complexity index is 302. The van der Waals surface area contributed by atoms with Gasteiger partial charge in [-0.1, -0.05) is 0 Å². The second-order valence-electron chi connectivity index (χ2n) is 1.82. The summed E-state index contributed by atoms with van der Waals surface area (Å²) in [5.74, 6) is -1.07. The minimum absolute atomic E-state index is 0.405. The molecule has 0 saturated carbocycles. The zero-order valence-electron chi connectivity index (χ0n) is 5.27. The second-order valence-corrected chi connectivity index (χ2v) is 1.82. The quantitative estimate of drug-likeness (QED) is 0.276. The maximum atomic E-state index is 12.5. The fourth-order valence-corrected chi connectivity index (χ4v) is 0.600. The van der Waals surface area contributed by atoms with Crippen molar-refractivity contribution in [3.05, 3.63) is 34.4 Å². The minimum Gasteiger partial charge on any atom is -0.285 e. The molecule has 1 N–H and O–H groups in total. The van der Waals surface area contributed by atoms with Crippen LogP contribution < -0.4 is 4.73 Å². The number of pyridine rings is 1. The van der Waals surface area contributed by atoms with E-state index < -0.39 is 16.4 Å². The summed E-state index contributed by atoms with van der Waals surface area (Å²) in [5.41, 5.74) is -0.657. The van der Waals surface area contributed by atoms with Crippen molar-refractivity contribution in [3.63, 3.8) is 0 Å². The second kappa shape index (κ2) is 2.49. The maximum absolute atomic E-state index is 12.5. The molecule has 1 aromatic heterocycles. The Kier molecular flexibility index (Phi) is 1.67. The average molecular weight is 159 g/mol. The number of nitrogens with zero attached hydrogens (tertiary/aromatic N) is 2. The van der Waals surface area contributed by atoms with Crippen LogP contribution >= 0.6 is 0 Å². The molecule has 0 amide bonds. The molecular weight excluding hydrogens is 155 g/mol. The summed E-state index contributed by atoms with van der Waals surface area (Å²) < 4.78 is 12.9. The van der Waals surface area contributed by atoms with E-state index in [4.69, 9.17) is 5.21 Å². The van der Waals surface area contributed by atoms with Crippen molar-refractivity contribution in [1.29, 1.82) is 0 Å². The van der Waals surface area contributed by atoms with Gasteiger partial charge in [0, 0.05) is 4.73 Å². The molecule has 6 heteroatoms. The number of nitro groups is 1. The molecule has 0 fully saturated rings. The molecule has 1 heterocycles. The van der Waals surface area contributed by atoms with Crippen LogP contribution in [0.4, 0.5) is 10.1 Å². The van der Waals surface area contributed by atoms with Crippen LogP contribution in [0.2, 0.25) is 0 Å². The smallest absolute Gasteiger partial charge is 0.285 e. The fraction of sp³-hybridized carbons (Fsp3) is 0. The summed E-state index contributed by atoms with van der Waals surface area (Å²) in [6, 6.07) is 0.870. The lowest BCUT2D eigenvalue weighted by Gasteiger charge is -1.88. The molecule has 0 aliphatic heterocycles. The van der Waals surface area contributed by atoms with Gasteiger partial charge in [0.1, 0.15) is 0 Å². The Morgan fingerprint density at radius 3 is 2.82 bits per heavy atom. The fourth-order valence-electron chi connectivity index (χ4n) is 0.600. The maximum Gasteiger partial charge on any atom is 0.317 e. The molecule has 0 aromatic carbocycles. The highest BCUT2D eigenvalue weighted by Gasteiger charge is 2.17. The van der Waals surface area contributed by atoms with Crippen LogP contribution in [0.1, 0.15) is 0 Å². The van der Waals surface area contributed by atoms with Crippen molar-refractivity contribution in [2.24, 2.45) is 0 Å². The summed E-state index contributed by atoms with van der Waals surface area (Å²) in [6.07, 6.45) is 1.58. The van der Waals surface area contributed by atoms with Crippen LogP contribution in [0.5, 0.6) is 0 Å². The van der Waals surface area contributed by atoms with Crippen molar-refractivity contribution in [3.8, 4) is 0 Å². The van der Waals surface area contributed by atoms with Gasteiger partial charge in [-0.3, -0.25) is 15.3 Å². The van der Waals surface area contributed by atoms with Gasteiger partial charge in [-0.05, 0) is 0 Å². The topological polar surface area (TPSA) is 67.2 Å². The molecule has 0 saturated heterocycles. The van der Waals surface area contributed by atoms with Crippen LogP contribution in [0.15, 0.2) is 18.5 Å². The molecule has 0 aliphatic carbocycles. The Morgan fingerprint density at radius 2 is 2.36 bits per heavy atom. The van der Waals surface area contributed by atoms with E-state index in [1.54, 1.807) is 0 Å². The van der Waals surface area contributed by atoms with Crippen molar-refractivity contribution >= 4 is 5.69 Å².